The molecule has 0 bridgehead atoms. The van der Waals surface area contributed by atoms with Crippen LogP contribution in [-0.2, 0) is 9.53 Å². The number of esters is 1. The van der Waals surface area contributed by atoms with Crippen molar-refractivity contribution in [2.75, 3.05) is 5.32 Å². The summed E-state index contributed by atoms with van der Waals surface area (Å²) in [6.45, 7) is -1.84. The van der Waals surface area contributed by atoms with Crippen LogP contribution in [0.1, 0.15) is 17.3 Å². The van der Waals surface area contributed by atoms with Gasteiger partial charge in [0.05, 0.1) is 10.7 Å². The van der Waals surface area contributed by atoms with Crippen molar-refractivity contribution in [3.63, 3.8) is 0 Å². The van der Waals surface area contributed by atoms with Crippen molar-refractivity contribution in [2.45, 2.75) is 19.6 Å². The molecule has 0 aliphatic carbocycles. The van der Waals surface area contributed by atoms with Crippen LogP contribution in [0.4, 0.5) is 18.9 Å². The summed E-state index contributed by atoms with van der Waals surface area (Å²) >= 11 is 5.80. The van der Waals surface area contributed by atoms with Crippen LogP contribution in [0.15, 0.2) is 42.5 Å². The van der Waals surface area contributed by atoms with Crippen LogP contribution in [0.25, 0.3) is 0 Å². The first-order valence-corrected chi connectivity index (χ1v) is 7.66. The average molecular weight is 388 g/mol. The summed E-state index contributed by atoms with van der Waals surface area (Å²) in [4.78, 5) is 24.2. The molecule has 1 amide bonds. The molecule has 9 heteroatoms. The molecular weight excluding hydrogens is 375 g/mol. The number of carbonyl (C=O) groups excluding carboxylic acids is 2. The Morgan fingerprint density at radius 3 is 2.50 bits per heavy atom. The summed E-state index contributed by atoms with van der Waals surface area (Å²) in [5.41, 5.74) is -0.130. The molecule has 0 spiro atoms. The van der Waals surface area contributed by atoms with E-state index in [1.165, 1.54) is 37.3 Å². The van der Waals surface area contributed by atoms with E-state index in [4.69, 9.17) is 16.3 Å². The number of carbonyl (C=O) groups is 2. The lowest BCUT2D eigenvalue weighted by Gasteiger charge is -2.15. The molecule has 138 valence electrons. The number of hydrogen-bond donors (Lipinski definition) is 1. The first-order valence-electron chi connectivity index (χ1n) is 7.28. The van der Waals surface area contributed by atoms with Crippen LogP contribution in [0.2, 0.25) is 5.02 Å². The van der Waals surface area contributed by atoms with Gasteiger partial charge in [0.2, 0.25) is 0 Å². The second kappa shape index (κ2) is 8.57. The van der Waals surface area contributed by atoms with Crippen molar-refractivity contribution in [2.24, 2.45) is 0 Å². The number of alkyl halides is 2. The second-order valence-corrected chi connectivity index (χ2v) is 5.44. The van der Waals surface area contributed by atoms with E-state index in [9.17, 15) is 22.8 Å². The average Bonchev–Trinajstić information content (AvgIpc) is 2.57. The van der Waals surface area contributed by atoms with Gasteiger partial charge in [0, 0.05) is 0 Å². The second-order valence-electron chi connectivity index (χ2n) is 5.04. The zero-order valence-corrected chi connectivity index (χ0v) is 14.1. The molecular formula is C17H13ClF3NO4. The van der Waals surface area contributed by atoms with Gasteiger partial charge in [-0.2, -0.15) is 8.78 Å². The maximum Gasteiger partial charge on any atom is 0.387 e. The van der Waals surface area contributed by atoms with E-state index in [1.807, 2.05) is 0 Å². The lowest BCUT2D eigenvalue weighted by molar-refractivity contribution is -0.123. The van der Waals surface area contributed by atoms with E-state index in [2.05, 4.69) is 10.1 Å². The third-order valence-electron chi connectivity index (χ3n) is 3.17. The molecule has 1 N–H and O–H groups in total. The zero-order valence-electron chi connectivity index (χ0n) is 13.3. The first-order chi connectivity index (χ1) is 12.3. The minimum atomic E-state index is -3.12. The lowest BCUT2D eigenvalue weighted by Crippen LogP contribution is -2.30. The summed E-state index contributed by atoms with van der Waals surface area (Å²) < 4.78 is 47.0. The van der Waals surface area contributed by atoms with Gasteiger partial charge in [-0.05, 0) is 37.3 Å². The molecule has 2 aromatic carbocycles. The normalized spacial score (nSPS) is 11.8. The third-order valence-corrected chi connectivity index (χ3v) is 3.48. The van der Waals surface area contributed by atoms with Crippen molar-refractivity contribution in [1.29, 1.82) is 0 Å². The monoisotopic (exact) mass is 387 g/mol. The largest absolute Gasteiger partial charge is 0.449 e. The highest BCUT2D eigenvalue weighted by Crippen LogP contribution is 2.24. The molecule has 1 unspecified atom stereocenters. The van der Waals surface area contributed by atoms with Crippen molar-refractivity contribution >= 4 is 29.2 Å². The molecule has 1 atom stereocenters. The Morgan fingerprint density at radius 1 is 1.15 bits per heavy atom. The fourth-order valence-corrected chi connectivity index (χ4v) is 2.15. The highest BCUT2D eigenvalue weighted by Gasteiger charge is 2.23. The summed E-state index contributed by atoms with van der Waals surface area (Å²) in [7, 11) is 0. The van der Waals surface area contributed by atoms with E-state index in [0.717, 1.165) is 12.1 Å². The summed E-state index contributed by atoms with van der Waals surface area (Å²) in [6.07, 6.45) is -1.27. The molecule has 0 aliphatic rings. The Bertz CT molecular complexity index is 816. The Hall–Kier alpha value is -2.74. The topological polar surface area (TPSA) is 64.6 Å². The molecule has 2 aromatic rings. The molecule has 0 aromatic heterocycles. The van der Waals surface area contributed by atoms with Gasteiger partial charge in [-0.1, -0.05) is 23.7 Å². The van der Waals surface area contributed by atoms with Gasteiger partial charge in [0.25, 0.3) is 5.91 Å². The number of amides is 1. The van der Waals surface area contributed by atoms with Gasteiger partial charge < -0.3 is 14.8 Å². The van der Waals surface area contributed by atoms with Gasteiger partial charge in [-0.3, -0.25) is 4.79 Å². The van der Waals surface area contributed by atoms with E-state index < -0.39 is 30.4 Å². The zero-order chi connectivity index (χ0) is 19.3. The number of ether oxygens (including phenoxy) is 2. The van der Waals surface area contributed by atoms with Crippen LogP contribution in [0, 0.1) is 5.82 Å². The Labute approximate surface area is 151 Å². The van der Waals surface area contributed by atoms with Gasteiger partial charge in [-0.15, -0.1) is 0 Å². The predicted octanol–water partition coefficient (Wildman–Crippen LogP) is 4.26. The number of rotatable bonds is 6. The molecule has 0 saturated heterocycles. The Kier molecular flexibility index (Phi) is 6.46. The summed E-state index contributed by atoms with van der Waals surface area (Å²) in [6, 6.07) is 8.57. The van der Waals surface area contributed by atoms with Crippen molar-refractivity contribution in [1.82, 2.24) is 0 Å². The van der Waals surface area contributed by atoms with Crippen LogP contribution < -0.4 is 10.1 Å². The van der Waals surface area contributed by atoms with Gasteiger partial charge in [-0.25, -0.2) is 9.18 Å². The highest BCUT2D eigenvalue weighted by molar-refractivity contribution is 6.33. The molecule has 0 aliphatic heterocycles. The van der Waals surface area contributed by atoms with Crippen LogP contribution in [0.3, 0.4) is 0 Å². The number of nitrogens with one attached hydrogen (secondary N) is 1. The molecule has 0 fully saturated rings. The minimum Gasteiger partial charge on any atom is -0.449 e. The highest BCUT2D eigenvalue weighted by atomic mass is 35.5. The number of anilines is 1. The fraction of sp³-hybridized carbons (Fsp3) is 0.176. The summed E-state index contributed by atoms with van der Waals surface area (Å²) in [5.74, 6) is -2.71. The molecule has 5 nitrogen and oxygen atoms in total. The van der Waals surface area contributed by atoms with E-state index in [-0.39, 0.29) is 22.0 Å². The SMILES string of the molecule is CC(OC(=O)c1ccccc1OC(F)F)C(=O)Nc1ccc(F)cc1Cl. The van der Waals surface area contributed by atoms with E-state index in [1.54, 1.807) is 0 Å². The first kappa shape index (κ1) is 19.6. The van der Waals surface area contributed by atoms with Crippen molar-refractivity contribution in [3.8, 4) is 5.75 Å². The van der Waals surface area contributed by atoms with Crippen LogP contribution >= 0.6 is 11.6 Å². The maximum atomic E-state index is 13.0. The van der Waals surface area contributed by atoms with Crippen LogP contribution in [-0.4, -0.2) is 24.6 Å². The Morgan fingerprint density at radius 2 is 1.85 bits per heavy atom. The number of halogens is 4. The summed E-state index contributed by atoms with van der Waals surface area (Å²) in [5, 5.41) is 2.34. The maximum absolute atomic E-state index is 13.0. The lowest BCUT2D eigenvalue weighted by atomic mass is 10.2. The predicted molar refractivity (Wildman–Crippen MR) is 88.0 cm³/mol. The number of benzene rings is 2. The molecule has 0 saturated carbocycles. The molecule has 2 rings (SSSR count). The standard InChI is InChI=1S/C17H13ClF3NO4/c1-9(15(23)22-13-7-6-10(19)8-12(13)18)25-16(24)11-4-2-3-5-14(11)26-17(20)21/h2-9,17H,1H3,(H,22,23). The number of para-hydroxylation sites is 1. The van der Waals surface area contributed by atoms with Crippen molar-refractivity contribution in [3.05, 3.63) is 58.9 Å². The van der Waals surface area contributed by atoms with Gasteiger partial charge in [0.1, 0.15) is 17.1 Å². The quantitative estimate of drug-likeness (QED) is 0.752. The number of hydrogen-bond acceptors (Lipinski definition) is 4. The van der Waals surface area contributed by atoms with Crippen LogP contribution in [0.5, 0.6) is 5.75 Å². The smallest absolute Gasteiger partial charge is 0.387 e. The Balaban J connectivity index is 2.06. The fourth-order valence-electron chi connectivity index (χ4n) is 1.94. The van der Waals surface area contributed by atoms with Gasteiger partial charge in [0.15, 0.2) is 6.10 Å². The van der Waals surface area contributed by atoms with Crippen molar-refractivity contribution < 1.29 is 32.2 Å². The molecule has 0 heterocycles. The van der Waals surface area contributed by atoms with E-state index in [0.29, 0.717) is 0 Å². The third kappa shape index (κ3) is 5.13. The minimum absolute atomic E-state index is 0.0347. The van der Waals surface area contributed by atoms with E-state index >= 15 is 0 Å². The van der Waals surface area contributed by atoms with Gasteiger partial charge >= 0.3 is 12.6 Å². The molecule has 0 radical (unpaired) electrons. The molecule has 26 heavy (non-hydrogen) atoms.